The van der Waals surface area contributed by atoms with Crippen LogP contribution in [0.3, 0.4) is 0 Å². The van der Waals surface area contributed by atoms with Gasteiger partial charge in [-0.3, -0.25) is 9.39 Å². The molecule has 0 fully saturated rings. The van der Waals surface area contributed by atoms with Crippen molar-refractivity contribution in [3.8, 4) is 6.07 Å². The van der Waals surface area contributed by atoms with Gasteiger partial charge in [0.25, 0.3) is 0 Å². The summed E-state index contributed by atoms with van der Waals surface area (Å²) in [6.07, 6.45) is -0.261. The normalized spacial score (nSPS) is 11.9. The first-order valence-electron chi connectivity index (χ1n) is 6.43. The summed E-state index contributed by atoms with van der Waals surface area (Å²) >= 11 is 0. The minimum Gasteiger partial charge on any atom is -0.289 e. The van der Waals surface area contributed by atoms with Gasteiger partial charge in [0.05, 0.1) is 23.8 Å². The number of pyridine rings is 2. The van der Waals surface area contributed by atoms with E-state index in [2.05, 4.69) is 15.0 Å². The van der Waals surface area contributed by atoms with Crippen molar-refractivity contribution in [1.82, 2.24) is 14.4 Å². The molecule has 0 aliphatic heterocycles. The summed E-state index contributed by atoms with van der Waals surface area (Å²) in [5.74, 6) is 0. The van der Waals surface area contributed by atoms with Gasteiger partial charge in [-0.1, -0.05) is 6.07 Å². The summed E-state index contributed by atoms with van der Waals surface area (Å²) in [6, 6.07) is 8.88. The van der Waals surface area contributed by atoms with E-state index in [9.17, 15) is 13.2 Å². The van der Waals surface area contributed by atoms with Crippen molar-refractivity contribution in [1.29, 1.82) is 5.26 Å². The molecule has 23 heavy (non-hydrogen) atoms. The number of aliphatic imine (C=N–C) groups is 1. The van der Waals surface area contributed by atoms with E-state index in [1.54, 1.807) is 22.7 Å². The minimum atomic E-state index is -4.50. The van der Waals surface area contributed by atoms with E-state index in [-0.39, 0.29) is 5.69 Å². The number of alkyl halides is 3. The van der Waals surface area contributed by atoms with Crippen molar-refractivity contribution < 1.29 is 13.2 Å². The van der Waals surface area contributed by atoms with Gasteiger partial charge in [0.1, 0.15) is 23.1 Å². The van der Waals surface area contributed by atoms with Crippen LogP contribution in [-0.4, -0.2) is 20.6 Å². The van der Waals surface area contributed by atoms with Gasteiger partial charge in [0.15, 0.2) is 0 Å². The fourth-order valence-electron chi connectivity index (χ4n) is 1.95. The summed E-state index contributed by atoms with van der Waals surface area (Å²) in [6.45, 7) is 0. The molecular formula is C15H8F3N5. The second-order valence-electron chi connectivity index (χ2n) is 4.57. The number of hydrogen-bond donors (Lipinski definition) is 0. The lowest BCUT2D eigenvalue weighted by Gasteiger charge is -2.05. The van der Waals surface area contributed by atoms with E-state index >= 15 is 0 Å². The summed E-state index contributed by atoms with van der Waals surface area (Å²) in [4.78, 5) is 11.6. The van der Waals surface area contributed by atoms with Crippen LogP contribution in [0.5, 0.6) is 0 Å². The van der Waals surface area contributed by atoms with Crippen molar-refractivity contribution in [2.45, 2.75) is 6.18 Å². The Morgan fingerprint density at radius 3 is 2.78 bits per heavy atom. The first kappa shape index (κ1) is 14.7. The van der Waals surface area contributed by atoms with Gasteiger partial charge in [-0.05, 0) is 24.3 Å². The standard InChI is InChI=1S/C15H8F3N5/c16-15(17,18)13-3-1-2-10(22-13)7-20-11-4-5-14-21-8-12(6-19)23(14)9-11/h1-5,7-9H. The Morgan fingerprint density at radius 1 is 1.22 bits per heavy atom. The van der Waals surface area contributed by atoms with Crippen LogP contribution in [0.2, 0.25) is 0 Å². The van der Waals surface area contributed by atoms with E-state index in [1.165, 1.54) is 24.5 Å². The lowest BCUT2D eigenvalue weighted by Crippen LogP contribution is -2.08. The summed E-state index contributed by atoms with van der Waals surface area (Å²) in [7, 11) is 0. The molecule has 3 aromatic heterocycles. The fraction of sp³-hybridized carbons (Fsp3) is 0.0667. The maximum Gasteiger partial charge on any atom is 0.433 e. The Morgan fingerprint density at radius 2 is 2.04 bits per heavy atom. The van der Waals surface area contributed by atoms with Crippen LogP contribution in [0.25, 0.3) is 5.65 Å². The Balaban J connectivity index is 1.93. The average Bonchev–Trinajstić information content (AvgIpc) is 2.94. The molecule has 3 heterocycles. The van der Waals surface area contributed by atoms with Crippen LogP contribution in [0.1, 0.15) is 17.1 Å². The number of aromatic nitrogens is 3. The van der Waals surface area contributed by atoms with E-state index in [0.717, 1.165) is 6.07 Å². The summed E-state index contributed by atoms with van der Waals surface area (Å²) < 4.78 is 39.4. The van der Waals surface area contributed by atoms with Crippen molar-refractivity contribution >= 4 is 17.5 Å². The first-order valence-corrected chi connectivity index (χ1v) is 6.43. The molecule has 3 aromatic rings. The zero-order valence-corrected chi connectivity index (χ0v) is 11.5. The second kappa shape index (κ2) is 5.53. The molecule has 0 atom stereocenters. The van der Waals surface area contributed by atoms with Crippen molar-refractivity contribution in [2.24, 2.45) is 4.99 Å². The minimum absolute atomic E-state index is 0.0889. The first-order chi connectivity index (χ1) is 11.0. The van der Waals surface area contributed by atoms with E-state index < -0.39 is 11.9 Å². The molecule has 3 rings (SSSR count). The Kier molecular flexibility index (Phi) is 3.54. The van der Waals surface area contributed by atoms with E-state index in [0.29, 0.717) is 17.0 Å². The van der Waals surface area contributed by atoms with Crippen molar-refractivity contribution in [2.75, 3.05) is 0 Å². The molecule has 0 aliphatic carbocycles. The molecule has 0 spiro atoms. The third-order valence-corrected chi connectivity index (χ3v) is 3.01. The topological polar surface area (TPSA) is 66.3 Å². The zero-order chi connectivity index (χ0) is 16.4. The van der Waals surface area contributed by atoms with Crippen molar-refractivity contribution in [3.63, 3.8) is 0 Å². The molecule has 0 unspecified atom stereocenters. The van der Waals surface area contributed by atoms with Gasteiger partial charge in [-0.25, -0.2) is 9.97 Å². The van der Waals surface area contributed by atoms with Crippen molar-refractivity contribution in [3.05, 3.63) is 59.8 Å². The van der Waals surface area contributed by atoms with Crippen LogP contribution in [0, 0.1) is 11.3 Å². The lowest BCUT2D eigenvalue weighted by atomic mass is 10.3. The van der Waals surface area contributed by atoms with Gasteiger partial charge in [-0.15, -0.1) is 0 Å². The molecule has 114 valence electrons. The molecule has 8 heteroatoms. The predicted octanol–water partition coefficient (Wildman–Crippen LogP) is 3.37. The number of nitriles is 1. The molecule has 0 saturated heterocycles. The average molecular weight is 315 g/mol. The number of imidazole rings is 1. The molecule has 0 N–H and O–H groups in total. The number of hydrogen-bond acceptors (Lipinski definition) is 4. The van der Waals surface area contributed by atoms with E-state index in [1.807, 2.05) is 6.07 Å². The number of fused-ring (bicyclic) bond motifs is 1. The molecule has 5 nitrogen and oxygen atoms in total. The predicted molar refractivity (Wildman–Crippen MR) is 76.4 cm³/mol. The fourth-order valence-corrected chi connectivity index (χ4v) is 1.95. The quantitative estimate of drug-likeness (QED) is 0.681. The maximum absolute atomic E-state index is 12.6. The summed E-state index contributed by atoms with van der Waals surface area (Å²) in [5.41, 5.74) is 0.502. The highest BCUT2D eigenvalue weighted by Gasteiger charge is 2.32. The SMILES string of the molecule is N#Cc1cnc2ccc(N=Cc3cccc(C(F)(F)F)n3)cn12. The lowest BCUT2D eigenvalue weighted by molar-refractivity contribution is -0.141. The monoisotopic (exact) mass is 315 g/mol. The van der Waals surface area contributed by atoms with Gasteiger partial charge in [0, 0.05) is 6.20 Å². The highest BCUT2D eigenvalue weighted by molar-refractivity contribution is 5.79. The molecule has 0 aliphatic rings. The smallest absolute Gasteiger partial charge is 0.289 e. The zero-order valence-electron chi connectivity index (χ0n) is 11.5. The number of halogens is 3. The van der Waals surface area contributed by atoms with Gasteiger partial charge in [0.2, 0.25) is 0 Å². The molecular weight excluding hydrogens is 307 g/mol. The number of rotatable bonds is 2. The van der Waals surface area contributed by atoms with E-state index in [4.69, 9.17) is 5.26 Å². The molecule has 0 bridgehead atoms. The Hall–Kier alpha value is -3.21. The third-order valence-electron chi connectivity index (χ3n) is 3.01. The Labute approximate surface area is 128 Å². The summed E-state index contributed by atoms with van der Waals surface area (Å²) in [5, 5.41) is 8.96. The van der Waals surface area contributed by atoms with Crippen LogP contribution in [-0.2, 0) is 6.18 Å². The van der Waals surface area contributed by atoms with Crippen LogP contribution in [0.4, 0.5) is 18.9 Å². The molecule has 0 aromatic carbocycles. The highest BCUT2D eigenvalue weighted by atomic mass is 19.4. The van der Waals surface area contributed by atoms with Gasteiger partial charge < -0.3 is 0 Å². The van der Waals surface area contributed by atoms with Crippen LogP contribution < -0.4 is 0 Å². The maximum atomic E-state index is 12.6. The van der Waals surface area contributed by atoms with Crippen LogP contribution in [0.15, 0.2) is 47.7 Å². The number of nitrogens with zero attached hydrogens (tertiary/aromatic N) is 5. The largest absolute Gasteiger partial charge is 0.433 e. The third kappa shape index (κ3) is 3.03. The second-order valence-corrected chi connectivity index (χ2v) is 4.57. The molecule has 0 saturated carbocycles. The highest BCUT2D eigenvalue weighted by Crippen LogP contribution is 2.27. The van der Waals surface area contributed by atoms with Gasteiger partial charge in [-0.2, -0.15) is 18.4 Å². The Bertz CT molecular complexity index is 934. The van der Waals surface area contributed by atoms with Crippen LogP contribution >= 0.6 is 0 Å². The van der Waals surface area contributed by atoms with Gasteiger partial charge >= 0.3 is 6.18 Å². The molecule has 0 amide bonds. The molecule has 0 radical (unpaired) electrons.